The Labute approximate surface area is 151 Å². The van der Waals surface area contributed by atoms with Crippen molar-refractivity contribution in [3.05, 3.63) is 41.7 Å². The highest BCUT2D eigenvalue weighted by Gasteiger charge is 2.48. The van der Waals surface area contributed by atoms with Crippen LogP contribution in [0.4, 0.5) is 5.69 Å². The van der Waals surface area contributed by atoms with Gasteiger partial charge < -0.3 is 10.6 Å². The van der Waals surface area contributed by atoms with Gasteiger partial charge in [-0.05, 0) is 50.2 Å². The molecule has 134 valence electrons. The Hall–Kier alpha value is -1.90. The maximum Gasteiger partial charge on any atom is 0.245 e. The van der Waals surface area contributed by atoms with Crippen molar-refractivity contribution >= 4 is 33.0 Å². The highest BCUT2D eigenvalue weighted by molar-refractivity contribution is 7.92. The molecule has 1 aliphatic rings. The summed E-state index contributed by atoms with van der Waals surface area (Å²) in [6, 6.07) is 6.77. The van der Waals surface area contributed by atoms with Crippen LogP contribution in [0, 0.1) is 0 Å². The average Bonchev–Trinajstić information content (AvgIpc) is 3.08. The van der Waals surface area contributed by atoms with E-state index in [0.29, 0.717) is 29.5 Å². The predicted octanol–water partition coefficient (Wildman–Crippen LogP) is 1.63. The van der Waals surface area contributed by atoms with Crippen LogP contribution < -0.4 is 10.6 Å². The van der Waals surface area contributed by atoms with Crippen molar-refractivity contribution in [1.82, 2.24) is 15.1 Å². The molecule has 0 radical (unpaired) electrons. The van der Waals surface area contributed by atoms with Gasteiger partial charge in [-0.1, -0.05) is 11.6 Å². The number of halogens is 1. The molecule has 0 saturated carbocycles. The number of hydrogen-bond acceptors (Lipinski definition) is 5. The summed E-state index contributed by atoms with van der Waals surface area (Å²) in [6.45, 7) is 0.971. The summed E-state index contributed by atoms with van der Waals surface area (Å²) >= 11 is 6.27. The fraction of sp³-hybridized carbons (Fsp3) is 0.375. The van der Waals surface area contributed by atoms with Crippen LogP contribution in [0.2, 0.25) is 5.02 Å². The lowest BCUT2D eigenvalue weighted by Crippen LogP contribution is -2.55. The van der Waals surface area contributed by atoms with Crippen molar-refractivity contribution < 1.29 is 13.2 Å². The van der Waals surface area contributed by atoms with Crippen molar-refractivity contribution in [3.8, 4) is 5.69 Å². The Balaban J connectivity index is 1.86. The summed E-state index contributed by atoms with van der Waals surface area (Å²) < 4.78 is 24.8. The zero-order valence-corrected chi connectivity index (χ0v) is 15.3. The summed E-state index contributed by atoms with van der Waals surface area (Å²) in [7, 11) is -3.56. The topological polar surface area (TPSA) is 93.1 Å². The van der Waals surface area contributed by atoms with E-state index in [-0.39, 0.29) is 12.8 Å². The number of anilines is 1. The molecular formula is C16H19ClN4O3S. The fourth-order valence-corrected chi connectivity index (χ4v) is 4.62. The third-order valence-corrected chi connectivity index (χ3v) is 6.81. The normalized spacial score (nSPS) is 17.2. The lowest BCUT2D eigenvalue weighted by Gasteiger charge is -2.34. The predicted molar refractivity (Wildman–Crippen MR) is 96.9 cm³/mol. The first-order valence-electron chi connectivity index (χ1n) is 7.85. The number of aromatic nitrogens is 2. The summed E-state index contributed by atoms with van der Waals surface area (Å²) in [4.78, 5) is 12.8. The van der Waals surface area contributed by atoms with Crippen LogP contribution in [-0.2, 0) is 14.6 Å². The number of piperidine rings is 1. The lowest BCUT2D eigenvalue weighted by atomic mass is 9.95. The number of sulfone groups is 1. The van der Waals surface area contributed by atoms with E-state index in [2.05, 4.69) is 15.7 Å². The Morgan fingerprint density at radius 3 is 2.64 bits per heavy atom. The molecule has 1 aromatic carbocycles. The third kappa shape index (κ3) is 3.42. The van der Waals surface area contributed by atoms with Crippen molar-refractivity contribution in [2.24, 2.45) is 0 Å². The van der Waals surface area contributed by atoms with E-state index in [0.717, 1.165) is 6.26 Å². The number of amides is 1. The maximum atomic E-state index is 12.8. The van der Waals surface area contributed by atoms with E-state index in [1.165, 1.54) is 0 Å². The number of nitrogens with zero attached hydrogens (tertiary/aromatic N) is 2. The molecule has 1 aliphatic heterocycles. The first-order valence-corrected chi connectivity index (χ1v) is 10.1. The molecule has 1 amide bonds. The van der Waals surface area contributed by atoms with E-state index in [9.17, 15) is 13.2 Å². The number of carbonyl (C=O) groups is 1. The molecule has 0 bridgehead atoms. The molecule has 1 saturated heterocycles. The van der Waals surface area contributed by atoms with E-state index in [4.69, 9.17) is 11.6 Å². The van der Waals surface area contributed by atoms with Gasteiger partial charge >= 0.3 is 0 Å². The van der Waals surface area contributed by atoms with Gasteiger partial charge in [-0.15, -0.1) is 0 Å². The van der Waals surface area contributed by atoms with Gasteiger partial charge in [0.1, 0.15) is 0 Å². The third-order valence-electron chi connectivity index (χ3n) is 4.49. The second-order valence-electron chi connectivity index (χ2n) is 6.09. The molecule has 0 atom stereocenters. The van der Waals surface area contributed by atoms with Crippen molar-refractivity contribution in [2.75, 3.05) is 24.7 Å². The Morgan fingerprint density at radius 2 is 2.08 bits per heavy atom. The highest BCUT2D eigenvalue weighted by atomic mass is 35.5. The van der Waals surface area contributed by atoms with Crippen LogP contribution in [0.5, 0.6) is 0 Å². The number of rotatable bonds is 4. The molecule has 2 aromatic rings. The van der Waals surface area contributed by atoms with Crippen LogP contribution in [0.25, 0.3) is 5.69 Å². The highest BCUT2D eigenvalue weighted by Crippen LogP contribution is 2.30. The zero-order chi connectivity index (χ0) is 18.1. The van der Waals surface area contributed by atoms with Gasteiger partial charge in [-0.3, -0.25) is 4.79 Å². The van der Waals surface area contributed by atoms with Crippen molar-refractivity contribution in [2.45, 2.75) is 17.6 Å². The van der Waals surface area contributed by atoms with Crippen LogP contribution in [0.15, 0.2) is 36.7 Å². The lowest BCUT2D eigenvalue weighted by molar-refractivity contribution is -0.119. The standard InChI is InChI=1S/C16H19ClN4O3S/c1-25(23,24)16(5-8-18-9-6-16)15(22)20-12-3-4-14(13(17)11-12)21-10-2-7-19-21/h2-4,7,10-11,18H,5-6,8-9H2,1H3,(H,20,22). The molecule has 0 aliphatic carbocycles. The summed E-state index contributed by atoms with van der Waals surface area (Å²) in [6.07, 6.45) is 5.01. The van der Waals surface area contributed by atoms with Crippen molar-refractivity contribution in [3.63, 3.8) is 0 Å². The minimum Gasteiger partial charge on any atom is -0.325 e. The second-order valence-corrected chi connectivity index (χ2v) is 8.82. The Kier molecular flexibility index (Phi) is 4.86. The quantitative estimate of drug-likeness (QED) is 0.838. The van der Waals surface area contributed by atoms with E-state index in [1.54, 1.807) is 41.3 Å². The van der Waals surface area contributed by atoms with Crippen LogP contribution in [-0.4, -0.2) is 48.2 Å². The Bertz CT molecular complexity index is 875. The zero-order valence-electron chi connectivity index (χ0n) is 13.7. The van der Waals surface area contributed by atoms with Gasteiger partial charge in [0.25, 0.3) is 0 Å². The summed E-state index contributed by atoms with van der Waals surface area (Å²) in [5.74, 6) is -0.514. The Morgan fingerprint density at radius 1 is 1.36 bits per heavy atom. The molecule has 1 fully saturated rings. The molecule has 1 aromatic heterocycles. The molecule has 0 spiro atoms. The number of carbonyl (C=O) groups excluding carboxylic acids is 1. The molecule has 3 rings (SSSR count). The first kappa shape index (κ1) is 17.9. The fourth-order valence-electron chi connectivity index (χ4n) is 3.02. The molecular weight excluding hydrogens is 364 g/mol. The van der Waals surface area contributed by atoms with Crippen LogP contribution in [0.1, 0.15) is 12.8 Å². The van der Waals surface area contributed by atoms with Gasteiger partial charge in [-0.2, -0.15) is 5.10 Å². The monoisotopic (exact) mass is 382 g/mol. The SMILES string of the molecule is CS(=O)(=O)C1(C(=O)Nc2ccc(-n3cccn3)c(Cl)c2)CCNCC1. The largest absolute Gasteiger partial charge is 0.325 e. The molecule has 9 heteroatoms. The van der Waals surface area contributed by atoms with Gasteiger partial charge in [0.2, 0.25) is 5.91 Å². The van der Waals surface area contributed by atoms with Gasteiger partial charge in [-0.25, -0.2) is 13.1 Å². The molecule has 2 N–H and O–H groups in total. The molecule has 7 nitrogen and oxygen atoms in total. The van der Waals surface area contributed by atoms with E-state index >= 15 is 0 Å². The van der Waals surface area contributed by atoms with Gasteiger partial charge in [0.05, 0.1) is 10.7 Å². The smallest absolute Gasteiger partial charge is 0.245 e. The maximum absolute atomic E-state index is 12.8. The van der Waals surface area contributed by atoms with Gasteiger partial charge in [0.15, 0.2) is 14.6 Å². The summed E-state index contributed by atoms with van der Waals surface area (Å²) in [5.41, 5.74) is 1.12. The summed E-state index contributed by atoms with van der Waals surface area (Å²) in [5, 5.41) is 10.3. The minimum absolute atomic E-state index is 0.247. The molecule has 25 heavy (non-hydrogen) atoms. The molecule has 2 heterocycles. The van der Waals surface area contributed by atoms with Crippen LogP contribution >= 0.6 is 11.6 Å². The molecule has 0 unspecified atom stereocenters. The number of benzene rings is 1. The van der Waals surface area contributed by atoms with Gasteiger partial charge in [0, 0.05) is 24.3 Å². The number of nitrogens with one attached hydrogen (secondary N) is 2. The number of hydrogen-bond donors (Lipinski definition) is 2. The first-order chi connectivity index (χ1) is 11.8. The van der Waals surface area contributed by atoms with E-state index < -0.39 is 20.5 Å². The van der Waals surface area contributed by atoms with E-state index in [1.807, 2.05) is 0 Å². The minimum atomic E-state index is -3.56. The average molecular weight is 383 g/mol. The van der Waals surface area contributed by atoms with Crippen molar-refractivity contribution in [1.29, 1.82) is 0 Å². The van der Waals surface area contributed by atoms with Crippen LogP contribution in [0.3, 0.4) is 0 Å². The second kappa shape index (κ2) is 6.78.